The lowest BCUT2D eigenvalue weighted by Gasteiger charge is -2.12. The zero-order valence-corrected chi connectivity index (χ0v) is 15.3. The molecule has 0 aliphatic rings. The summed E-state index contributed by atoms with van der Waals surface area (Å²) in [6.07, 6.45) is 1.49. The van der Waals surface area contributed by atoms with Crippen molar-refractivity contribution < 1.29 is 18.7 Å². The summed E-state index contributed by atoms with van der Waals surface area (Å²) >= 11 is 0. The van der Waals surface area contributed by atoms with Gasteiger partial charge in [-0.3, -0.25) is 4.79 Å². The number of carbonyl (C=O) groups excluding carboxylic acids is 2. The van der Waals surface area contributed by atoms with E-state index in [9.17, 15) is 14.4 Å². The van der Waals surface area contributed by atoms with Crippen molar-refractivity contribution in [2.24, 2.45) is 0 Å². The number of anilines is 1. The maximum Gasteiger partial charge on any atom is 0.331 e. The van der Waals surface area contributed by atoms with Crippen LogP contribution in [0.5, 0.6) is 0 Å². The second-order valence-corrected chi connectivity index (χ2v) is 6.26. The Balaban J connectivity index is 1.36. The number of amides is 1. The summed E-state index contributed by atoms with van der Waals surface area (Å²) in [4.78, 5) is 45.0. The van der Waals surface area contributed by atoms with E-state index in [-0.39, 0.29) is 11.6 Å². The van der Waals surface area contributed by atoms with Gasteiger partial charge < -0.3 is 24.4 Å². The highest BCUT2D eigenvalue weighted by molar-refractivity contribution is 5.97. The molecular formula is C20H16N4O5. The Hall–Kier alpha value is -4.14. The lowest BCUT2D eigenvalue weighted by Crippen LogP contribution is -2.29. The lowest BCUT2D eigenvalue weighted by molar-refractivity contribution is -0.148. The van der Waals surface area contributed by atoms with Gasteiger partial charge in [-0.1, -0.05) is 12.1 Å². The number of carbonyl (C=O) groups is 2. The van der Waals surface area contributed by atoms with Gasteiger partial charge in [-0.2, -0.15) is 0 Å². The van der Waals surface area contributed by atoms with Crippen molar-refractivity contribution >= 4 is 45.8 Å². The molecule has 4 aromatic rings. The zero-order chi connectivity index (χ0) is 20.4. The van der Waals surface area contributed by atoms with Crippen LogP contribution < -0.4 is 11.0 Å². The van der Waals surface area contributed by atoms with Gasteiger partial charge in [0.15, 0.2) is 11.7 Å². The molecule has 9 heteroatoms. The molecular weight excluding hydrogens is 376 g/mol. The number of nitrogens with zero attached hydrogens (tertiary/aromatic N) is 1. The average Bonchev–Trinajstić information content (AvgIpc) is 3.27. The molecule has 0 aliphatic carbocycles. The second kappa shape index (κ2) is 7.47. The topological polar surface area (TPSA) is 130 Å². The van der Waals surface area contributed by atoms with Crippen LogP contribution in [0, 0.1) is 0 Å². The Morgan fingerprint density at radius 1 is 1.17 bits per heavy atom. The first-order chi connectivity index (χ1) is 14.0. The van der Waals surface area contributed by atoms with Crippen LogP contribution in [0.25, 0.3) is 28.2 Å². The summed E-state index contributed by atoms with van der Waals surface area (Å²) in [5, 5.41) is 2.63. The Morgan fingerprint density at radius 2 is 1.97 bits per heavy atom. The van der Waals surface area contributed by atoms with Crippen molar-refractivity contribution in [3.63, 3.8) is 0 Å². The minimum atomic E-state index is -1.03. The van der Waals surface area contributed by atoms with Crippen LogP contribution in [0.15, 0.2) is 57.8 Å². The van der Waals surface area contributed by atoms with Crippen molar-refractivity contribution in [3.8, 4) is 0 Å². The minimum absolute atomic E-state index is 0.258. The molecule has 9 nitrogen and oxygen atoms in total. The molecule has 0 saturated heterocycles. The number of ether oxygens (including phenoxy) is 1. The van der Waals surface area contributed by atoms with Gasteiger partial charge in [0.1, 0.15) is 5.52 Å². The van der Waals surface area contributed by atoms with E-state index >= 15 is 0 Å². The molecule has 1 amide bonds. The first-order valence-electron chi connectivity index (χ1n) is 8.75. The summed E-state index contributed by atoms with van der Waals surface area (Å²) in [5.74, 6) is -0.958. The quantitative estimate of drug-likeness (QED) is 0.353. The van der Waals surface area contributed by atoms with Gasteiger partial charge >= 0.3 is 11.7 Å². The fraction of sp³-hybridized carbons (Fsp3) is 0.100. The van der Waals surface area contributed by atoms with E-state index in [0.717, 1.165) is 6.08 Å². The van der Waals surface area contributed by atoms with Crippen LogP contribution in [-0.2, 0) is 14.3 Å². The highest BCUT2D eigenvalue weighted by atomic mass is 16.5. The number of imidazole rings is 1. The van der Waals surface area contributed by atoms with Gasteiger partial charge in [0, 0.05) is 17.8 Å². The lowest BCUT2D eigenvalue weighted by atomic mass is 10.2. The molecule has 0 saturated carbocycles. The number of aromatic nitrogens is 3. The van der Waals surface area contributed by atoms with E-state index in [2.05, 4.69) is 20.3 Å². The fourth-order valence-electron chi connectivity index (χ4n) is 2.72. The number of aromatic amines is 2. The molecule has 0 bridgehead atoms. The molecule has 1 atom stereocenters. The second-order valence-electron chi connectivity index (χ2n) is 6.26. The first-order valence-corrected chi connectivity index (χ1v) is 8.75. The van der Waals surface area contributed by atoms with Crippen molar-refractivity contribution in [3.05, 3.63) is 64.9 Å². The van der Waals surface area contributed by atoms with E-state index in [0.29, 0.717) is 27.8 Å². The number of oxazole rings is 1. The van der Waals surface area contributed by atoms with Crippen LogP contribution in [0.4, 0.5) is 5.69 Å². The Bertz CT molecular complexity index is 1260. The standard InChI is InChI=1S/C20H16N4O5/c1-11(19(26)21-12-6-7-13-15(10-12)24-20(27)23-13)28-18(25)9-8-17-22-14-4-2-3-5-16(14)29-17/h2-11H,1H3,(H,21,26)(H2,23,24,27)/b9-8+/t11-/m0/s1. The molecule has 0 fully saturated rings. The first kappa shape index (κ1) is 18.2. The number of hydrogen-bond acceptors (Lipinski definition) is 6. The van der Waals surface area contributed by atoms with Gasteiger partial charge in [-0.15, -0.1) is 0 Å². The average molecular weight is 392 g/mol. The van der Waals surface area contributed by atoms with Crippen molar-refractivity contribution in [2.45, 2.75) is 13.0 Å². The summed E-state index contributed by atoms with van der Waals surface area (Å²) in [5.41, 5.74) is 2.58. The molecule has 0 unspecified atom stereocenters. The normalized spacial score (nSPS) is 12.4. The maximum absolute atomic E-state index is 12.3. The molecule has 2 aromatic heterocycles. The number of para-hydroxylation sites is 2. The molecule has 29 heavy (non-hydrogen) atoms. The highest BCUT2D eigenvalue weighted by Gasteiger charge is 2.17. The maximum atomic E-state index is 12.3. The minimum Gasteiger partial charge on any atom is -0.449 e. The van der Waals surface area contributed by atoms with E-state index in [1.165, 1.54) is 13.0 Å². The number of rotatable bonds is 5. The van der Waals surface area contributed by atoms with Gasteiger partial charge in [0.2, 0.25) is 5.89 Å². The molecule has 3 N–H and O–H groups in total. The molecule has 0 aliphatic heterocycles. The van der Waals surface area contributed by atoms with E-state index in [1.54, 1.807) is 30.3 Å². The van der Waals surface area contributed by atoms with Crippen molar-refractivity contribution in [2.75, 3.05) is 5.32 Å². The third kappa shape index (κ3) is 4.08. The number of benzene rings is 2. The molecule has 146 valence electrons. The predicted octanol–water partition coefficient (Wildman–Crippen LogP) is 2.58. The van der Waals surface area contributed by atoms with E-state index in [4.69, 9.17) is 9.15 Å². The fourth-order valence-corrected chi connectivity index (χ4v) is 2.72. The van der Waals surface area contributed by atoms with Crippen molar-refractivity contribution in [1.82, 2.24) is 15.0 Å². The smallest absolute Gasteiger partial charge is 0.331 e. The number of fused-ring (bicyclic) bond motifs is 2. The van der Waals surface area contributed by atoms with E-state index < -0.39 is 18.0 Å². The summed E-state index contributed by atoms with van der Waals surface area (Å²) in [6, 6.07) is 12.1. The zero-order valence-electron chi connectivity index (χ0n) is 15.3. The largest absolute Gasteiger partial charge is 0.449 e. The molecule has 2 aromatic carbocycles. The van der Waals surface area contributed by atoms with E-state index in [1.807, 2.05) is 12.1 Å². The number of hydrogen-bond donors (Lipinski definition) is 3. The Morgan fingerprint density at radius 3 is 2.79 bits per heavy atom. The summed E-state index contributed by atoms with van der Waals surface area (Å²) < 4.78 is 10.6. The van der Waals surface area contributed by atoms with Gasteiger partial charge in [0.05, 0.1) is 11.0 Å². The number of esters is 1. The summed E-state index contributed by atoms with van der Waals surface area (Å²) in [7, 11) is 0. The number of H-pyrrole nitrogens is 2. The van der Waals surface area contributed by atoms with Crippen molar-refractivity contribution in [1.29, 1.82) is 0 Å². The van der Waals surface area contributed by atoms with Crippen LogP contribution in [0.2, 0.25) is 0 Å². The number of nitrogens with one attached hydrogen (secondary N) is 3. The third-order valence-corrected chi connectivity index (χ3v) is 4.12. The van der Waals surface area contributed by atoms with Crippen LogP contribution in [-0.4, -0.2) is 32.9 Å². The van der Waals surface area contributed by atoms with Gasteiger partial charge in [-0.25, -0.2) is 14.6 Å². The van der Waals surface area contributed by atoms with Gasteiger partial charge in [0.25, 0.3) is 5.91 Å². The predicted molar refractivity (Wildman–Crippen MR) is 106 cm³/mol. The van der Waals surface area contributed by atoms with Crippen LogP contribution >= 0.6 is 0 Å². The van der Waals surface area contributed by atoms with Gasteiger partial charge in [-0.05, 0) is 37.3 Å². The Kier molecular flexibility index (Phi) is 4.70. The summed E-state index contributed by atoms with van der Waals surface area (Å²) in [6.45, 7) is 1.46. The molecule has 0 radical (unpaired) electrons. The van der Waals surface area contributed by atoms with Crippen LogP contribution in [0.1, 0.15) is 12.8 Å². The Labute approximate surface area is 163 Å². The molecule has 0 spiro atoms. The molecule has 2 heterocycles. The SMILES string of the molecule is C[C@H](OC(=O)/C=C/c1nc2ccccc2o1)C(=O)Nc1ccc2[nH]c(=O)[nH]c2c1. The van der Waals surface area contributed by atoms with Crippen LogP contribution in [0.3, 0.4) is 0 Å². The molecule has 4 rings (SSSR count). The monoisotopic (exact) mass is 392 g/mol. The highest BCUT2D eigenvalue weighted by Crippen LogP contribution is 2.16. The third-order valence-electron chi connectivity index (χ3n) is 4.12.